The van der Waals surface area contributed by atoms with Gasteiger partial charge in [0.1, 0.15) is 0 Å². The first kappa shape index (κ1) is 17.0. The zero-order valence-electron chi connectivity index (χ0n) is 12.6. The van der Waals surface area contributed by atoms with E-state index < -0.39 is 0 Å². The van der Waals surface area contributed by atoms with Crippen LogP contribution in [0.25, 0.3) is 0 Å². The van der Waals surface area contributed by atoms with E-state index in [0.29, 0.717) is 11.9 Å². The van der Waals surface area contributed by atoms with Crippen LogP contribution in [0.2, 0.25) is 0 Å². The molecule has 0 aliphatic heterocycles. The molecule has 0 aliphatic rings. The van der Waals surface area contributed by atoms with E-state index in [1.165, 1.54) is 5.69 Å². The fraction of sp³-hybridized carbons (Fsp3) is 0.786. The van der Waals surface area contributed by atoms with E-state index in [1.54, 1.807) is 0 Å². The van der Waals surface area contributed by atoms with E-state index in [4.69, 9.17) is 11.6 Å². The Morgan fingerprint density at radius 3 is 2.53 bits per heavy atom. The molecule has 19 heavy (non-hydrogen) atoms. The monoisotopic (exact) mass is 349 g/mol. The smallest absolute Gasteiger partial charge is 0.0739 e. The summed E-state index contributed by atoms with van der Waals surface area (Å²) >= 11 is 9.54. The summed E-state index contributed by atoms with van der Waals surface area (Å²) in [5.74, 6) is 0.683. The molecule has 1 rings (SSSR count). The lowest BCUT2D eigenvalue weighted by atomic mass is 9.85. The van der Waals surface area contributed by atoms with E-state index in [1.807, 2.05) is 11.6 Å². The average Bonchev–Trinajstić information content (AvgIpc) is 2.59. The summed E-state index contributed by atoms with van der Waals surface area (Å²) in [4.78, 5) is 0. The molecule has 110 valence electrons. The van der Waals surface area contributed by atoms with Gasteiger partial charge in [-0.3, -0.25) is 4.68 Å². The third-order valence-electron chi connectivity index (χ3n) is 3.41. The van der Waals surface area contributed by atoms with Gasteiger partial charge in [0.05, 0.1) is 15.9 Å². The molecule has 3 nitrogen and oxygen atoms in total. The van der Waals surface area contributed by atoms with Crippen LogP contribution in [0.1, 0.15) is 45.5 Å². The highest BCUT2D eigenvalue weighted by atomic mass is 79.9. The van der Waals surface area contributed by atoms with Gasteiger partial charge in [-0.1, -0.05) is 20.8 Å². The number of aromatic nitrogens is 2. The van der Waals surface area contributed by atoms with Gasteiger partial charge in [0, 0.05) is 25.0 Å². The number of hydrogen-bond acceptors (Lipinski definition) is 2. The molecule has 1 heterocycles. The van der Waals surface area contributed by atoms with Crippen LogP contribution in [0, 0.1) is 12.3 Å². The predicted molar refractivity (Wildman–Crippen MR) is 85.8 cm³/mol. The van der Waals surface area contributed by atoms with Crippen molar-refractivity contribution in [3.8, 4) is 0 Å². The molecular weight excluding hydrogens is 326 g/mol. The maximum atomic E-state index is 5.91. The van der Waals surface area contributed by atoms with Crippen molar-refractivity contribution in [3.63, 3.8) is 0 Å². The van der Waals surface area contributed by atoms with Crippen LogP contribution >= 0.6 is 27.5 Å². The number of hydrogen-bond donors (Lipinski definition) is 1. The quantitative estimate of drug-likeness (QED) is 0.783. The molecule has 0 spiro atoms. The number of rotatable bonds is 6. The first-order chi connectivity index (χ1) is 8.81. The maximum absolute atomic E-state index is 5.91. The summed E-state index contributed by atoms with van der Waals surface area (Å²) in [6.07, 6.45) is 0.974. The number of nitrogens with zero attached hydrogens (tertiary/aromatic N) is 2. The Morgan fingerprint density at radius 2 is 2.05 bits per heavy atom. The molecule has 0 radical (unpaired) electrons. The molecule has 0 aromatic carbocycles. The minimum absolute atomic E-state index is 0.202. The van der Waals surface area contributed by atoms with Crippen LogP contribution in [0.3, 0.4) is 0 Å². The van der Waals surface area contributed by atoms with Crippen LogP contribution in [0.5, 0.6) is 0 Å². The lowest BCUT2D eigenvalue weighted by Gasteiger charge is -2.31. The van der Waals surface area contributed by atoms with E-state index >= 15 is 0 Å². The molecule has 0 bridgehead atoms. The van der Waals surface area contributed by atoms with E-state index in [9.17, 15) is 0 Å². The second kappa shape index (κ2) is 7.09. The molecule has 5 heteroatoms. The standard InChI is InChI=1S/C14H25BrClN3/c1-6-19-11(13(15)10(2)18-19)9-17-12(7-8-16)14(3,4)5/h12,17H,6-9H2,1-5H3. The number of aryl methyl sites for hydroxylation is 2. The molecule has 0 saturated carbocycles. The summed E-state index contributed by atoms with van der Waals surface area (Å²) in [6, 6.07) is 0.400. The summed E-state index contributed by atoms with van der Waals surface area (Å²) in [5.41, 5.74) is 2.46. The normalized spacial score (nSPS) is 13.8. The van der Waals surface area contributed by atoms with Crippen LogP contribution in [0.15, 0.2) is 4.47 Å². The molecule has 0 saturated heterocycles. The van der Waals surface area contributed by atoms with Crippen molar-refractivity contribution >= 4 is 27.5 Å². The van der Waals surface area contributed by atoms with Gasteiger partial charge in [-0.25, -0.2) is 0 Å². The first-order valence-corrected chi connectivity index (χ1v) is 8.15. The van der Waals surface area contributed by atoms with Gasteiger partial charge in [0.25, 0.3) is 0 Å². The van der Waals surface area contributed by atoms with Crippen LogP contribution in [-0.4, -0.2) is 21.7 Å². The first-order valence-electron chi connectivity index (χ1n) is 6.82. The lowest BCUT2D eigenvalue weighted by molar-refractivity contribution is 0.258. The largest absolute Gasteiger partial charge is 0.308 e. The van der Waals surface area contributed by atoms with Crippen molar-refractivity contribution < 1.29 is 0 Å². The van der Waals surface area contributed by atoms with Gasteiger partial charge >= 0.3 is 0 Å². The molecule has 1 aromatic rings. The molecule has 0 amide bonds. The molecule has 1 N–H and O–H groups in total. The Bertz CT molecular complexity index is 410. The van der Waals surface area contributed by atoms with E-state index in [0.717, 1.165) is 29.7 Å². The SMILES string of the molecule is CCn1nc(C)c(Br)c1CNC(CCCl)C(C)(C)C. The van der Waals surface area contributed by atoms with Gasteiger partial charge in [-0.15, -0.1) is 11.6 Å². The Morgan fingerprint density at radius 1 is 1.42 bits per heavy atom. The van der Waals surface area contributed by atoms with Gasteiger partial charge in [0.2, 0.25) is 0 Å². The molecule has 1 unspecified atom stereocenters. The zero-order chi connectivity index (χ0) is 14.6. The number of nitrogens with one attached hydrogen (secondary N) is 1. The topological polar surface area (TPSA) is 29.9 Å². The summed E-state index contributed by atoms with van der Waals surface area (Å²) < 4.78 is 3.16. The van der Waals surface area contributed by atoms with Crippen molar-refractivity contribution in [2.75, 3.05) is 5.88 Å². The van der Waals surface area contributed by atoms with Gasteiger partial charge in [0.15, 0.2) is 0 Å². The molecular formula is C14H25BrClN3. The minimum Gasteiger partial charge on any atom is -0.308 e. The van der Waals surface area contributed by atoms with E-state index in [-0.39, 0.29) is 5.41 Å². The highest BCUT2D eigenvalue weighted by Gasteiger charge is 2.24. The third-order valence-corrected chi connectivity index (χ3v) is 4.66. The van der Waals surface area contributed by atoms with Crippen molar-refractivity contribution in [1.82, 2.24) is 15.1 Å². The Kier molecular flexibility index (Phi) is 6.34. The molecule has 1 aromatic heterocycles. The molecule has 0 aliphatic carbocycles. The Hall–Kier alpha value is -0.0600. The maximum Gasteiger partial charge on any atom is 0.0739 e. The second-order valence-corrected chi connectivity index (χ2v) is 7.11. The Balaban J connectivity index is 2.79. The summed E-state index contributed by atoms with van der Waals surface area (Å²) in [6.45, 7) is 12.6. The van der Waals surface area contributed by atoms with Crippen molar-refractivity contribution in [3.05, 3.63) is 15.9 Å². The van der Waals surface area contributed by atoms with Crippen molar-refractivity contribution in [2.45, 2.75) is 60.2 Å². The zero-order valence-corrected chi connectivity index (χ0v) is 14.9. The molecule has 1 atom stereocenters. The van der Waals surface area contributed by atoms with Gasteiger partial charge < -0.3 is 5.32 Å². The van der Waals surface area contributed by atoms with Crippen molar-refractivity contribution in [1.29, 1.82) is 0 Å². The van der Waals surface area contributed by atoms with Crippen LogP contribution < -0.4 is 5.32 Å². The highest BCUT2D eigenvalue weighted by molar-refractivity contribution is 9.10. The number of alkyl halides is 1. The fourth-order valence-corrected chi connectivity index (χ4v) is 2.85. The number of halogens is 2. The van der Waals surface area contributed by atoms with E-state index in [2.05, 4.69) is 54.0 Å². The van der Waals surface area contributed by atoms with Crippen LogP contribution in [-0.2, 0) is 13.1 Å². The molecule has 0 fully saturated rings. The fourth-order valence-electron chi connectivity index (χ4n) is 2.21. The highest BCUT2D eigenvalue weighted by Crippen LogP contribution is 2.25. The van der Waals surface area contributed by atoms with Crippen LogP contribution in [0.4, 0.5) is 0 Å². The Labute approximate surface area is 130 Å². The predicted octanol–water partition coefficient (Wildman–Crippen LogP) is 4.11. The third kappa shape index (κ3) is 4.47. The average molecular weight is 351 g/mol. The van der Waals surface area contributed by atoms with Gasteiger partial charge in [-0.05, 0) is 41.6 Å². The second-order valence-electron chi connectivity index (χ2n) is 5.94. The summed E-state index contributed by atoms with van der Waals surface area (Å²) in [5, 5.41) is 8.15. The summed E-state index contributed by atoms with van der Waals surface area (Å²) in [7, 11) is 0. The van der Waals surface area contributed by atoms with Crippen molar-refractivity contribution in [2.24, 2.45) is 5.41 Å². The minimum atomic E-state index is 0.202. The lowest BCUT2D eigenvalue weighted by Crippen LogP contribution is -2.40. The van der Waals surface area contributed by atoms with Gasteiger partial charge in [-0.2, -0.15) is 5.10 Å².